The minimum absolute atomic E-state index is 0.585. The summed E-state index contributed by atoms with van der Waals surface area (Å²) in [7, 11) is 0. The summed E-state index contributed by atoms with van der Waals surface area (Å²) < 4.78 is 0. The second-order valence-corrected chi connectivity index (χ2v) is 20.7. The fraction of sp³-hybridized carbons (Fsp3) is 1.00. The van der Waals surface area contributed by atoms with Gasteiger partial charge in [-0.15, -0.1) is 0 Å². The normalized spacial score (nSPS) is 46.3. The highest BCUT2D eigenvalue weighted by Crippen LogP contribution is 2.57. The molecule has 9 fully saturated rings. The topological polar surface area (TPSA) is 27.3 Å². The van der Waals surface area contributed by atoms with E-state index >= 15 is 0 Å². The fourth-order valence-electron chi connectivity index (χ4n) is 16.1. The van der Waals surface area contributed by atoms with E-state index in [1.165, 1.54) is 148 Å². The molecule has 10 atom stereocenters. The molecular formula is C47H81N3. The lowest BCUT2D eigenvalue weighted by Gasteiger charge is -2.49. The van der Waals surface area contributed by atoms with Crippen molar-refractivity contribution in [1.29, 1.82) is 0 Å². The lowest BCUT2D eigenvalue weighted by atomic mass is 9.59. The average molecular weight is 688 g/mol. The van der Waals surface area contributed by atoms with Crippen molar-refractivity contribution in [1.82, 2.24) is 15.5 Å². The fourth-order valence-corrected chi connectivity index (χ4v) is 16.1. The Morgan fingerprint density at radius 3 is 1.68 bits per heavy atom. The Bertz CT molecular complexity index is 1010. The Hall–Kier alpha value is -0.120. The Morgan fingerprint density at radius 2 is 0.940 bits per heavy atom. The zero-order chi connectivity index (χ0) is 33.3. The number of fused-ring (bicyclic) bond motifs is 3. The van der Waals surface area contributed by atoms with Crippen molar-refractivity contribution in [3.8, 4) is 0 Å². The summed E-state index contributed by atoms with van der Waals surface area (Å²) in [5, 5.41) is 8.87. The number of rotatable bonds is 7. The number of hydrogen-bond donors (Lipinski definition) is 2. The monoisotopic (exact) mass is 688 g/mol. The van der Waals surface area contributed by atoms with Crippen LogP contribution in [0.3, 0.4) is 0 Å². The molecule has 0 bridgehead atoms. The van der Waals surface area contributed by atoms with Crippen molar-refractivity contribution >= 4 is 0 Å². The van der Waals surface area contributed by atoms with Gasteiger partial charge in [-0.3, -0.25) is 15.5 Å². The van der Waals surface area contributed by atoms with Gasteiger partial charge in [-0.25, -0.2) is 0 Å². The molecule has 0 spiro atoms. The van der Waals surface area contributed by atoms with Crippen LogP contribution in [0, 0.1) is 53.3 Å². The molecule has 2 N–H and O–H groups in total. The minimum atomic E-state index is 0.585. The van der Waals surface area contributed by atoms with Crippen LogP contribution in [-0.2, 0) is 0 Å². The van der Waals surface area contributed by atoms with E-state index in [1.807, 2.05) is 0 Å². The molecule has 284 valence electrons. The van der Waals surface area contributed by atoms with Crippen LogP contribution in [0.5, 0.6) is 0 Å². The van der Waals surface area contributed by atoms with Crippen molar-refractivity contribution in [3.05, 3.63) is 0 Å². The van der Waals surface area contributed by atoms with Crippen LogP contribution in [0.2, 0.25) is 0 Å². The summed E-state index contributed by atoms with van der Waals surface area (Å²) in [6.45, 7) is 0. The molecule has 10 unspecified atom stereocenters. The van der Waals surface area contributed by atoms with E-state index in [0.717, 1.165) is 83.5 Å². The van der Waals surface area contributed by atoms with E-state index < -0.39 is 0 Å². The second kappa shape index (κ2) is 16.7. The molecule has 50 heavy (non-hydrogen) atoms. The van der Waals surface area contributed by atoms with Crippen molar-refractivity contribution in [3.63, 3.8) is 0 Å². The molecule has 0 aromatic heterocycles. The van der Waals surface area contributed by atoms with E-state index in [1.54, 1.807) is 57.8 Å². The molecule has 2 saturated heterocycles. The molecule has 3 heteroatoms. The zero-order valence-corrected chi connectivity index (χ0v) is 32.7. The summed E-state index contributed by atoms with van der Waals surface area (Å²) in [6, 6.07) is 4.45. The minimum Gasteiger partial charge on any atom is -0.299 e. The molecule has 0 radical (unpaired) electrons. The van der Waals surface area contributed by atoms with Crippen molar-refractivity contribution < 1.29 is 0 Å². The van der Waals surface area contributed by atoms with Gasteiger partial charge in [-0.2, -0.15) is 0 Å². The van der Waals surface area contributed by atoms with Gasteiger partial charge in [-0.1, -0.05) is 103 Å². The Labute approximate surface area is 309 Å². The van der Waals surface area contributed by atoms with Gasteiger partial charge in [0.2, 0.25) is 0 Å². The van der Waals surface area contributed by atoms with Crippen molar-refractivity contribution in [2.24, 2.45) is 53.3 Å². The second-order valence-electron chi connectivity index (χ2n) is 20.7. The summed E-state index contributed by atoms with van der Waals surface area (Å²) in [4.78, 5) is 3.28. The van der Waals surface area contributed by atoms with Crippen LogP contribution in [0.15, 0.2) is 0 Å². The number of hydrogen-bond acceptors (Lipinski definition) is 3. The van der Waals surface area contributed by atoms with Crippen LogP contribution >= 0.6 is 0 Å². The molecule has 9 aliphatic rings. The first-order chi connectivity index (χ1) is 24.8. The highest BCUT2D eigenvalue weighted by Gasteiger charge is 2.56. The number of nitrogens with one attached hydrogen (secondary N) is 2. The first-order valence-corrected chi connectivity index (χ1v) is 24.1. The summed E-state index contributed by atoms with van der Waals surface area (Å²) in [5.41, 5.74) is 0. The molecule has 2 heterocycles. The number of nitrogens with zero attached hydrogens (tertiary/aromatic N) is 1. The van der Waals surface area contributed by atoms with Crippen molar-refractivity contribution in [2.75, 3.05) is 0 Å². The van der Waals surface area contributed by atoms with Crippen LogP contribution in [0.4, 0.5) is 0 Å². The molecule has 0 aromatic carbocycles. The van der Waals surface area contributed by atoms with Gasteiger partial charge in [0.15, 0.2) is 0 Å². The van der Waals surface area contributed by atoms with Crippen LogP contribution in [-0.4, -0.2) is 41.3 Å². The maximum absolute atomic E-state index is 4.50. The van der Waals surface area contributed by atoms with E-state index in [2.05, 4.69) is 15.5 Å². The highest BCUT2D eigenvalue weighted by molar-refractivity contribution is 5.08. The van der Waals surface area contributed by atoms with E-state index in [9.17, 15) is 0 Å². The largest absolute Gasteiger partial charge is 0.299 e. The van der Waals surface area contributed by atoms with Gasteiger partial charge in [0.05, 0.1) is 6.17 Å². The van der Waals surface area contributed by atoms with Gasteiger partial charge >= 0.3 is 0 Å². The number of likely N-dealkylation sites (tertiary alicyclic amines) is 1. The quantitative estimate of drug-likeness (QED) is 0.279. The van der Waals surface area contributed by atoms with E-state index in [0.29, 0.717) is 6.17 Å². The summed E-state index contributed by atoms with van der Waals surface area (Å²) >= 11 is 0. The van der Waals surface area contributed by atoms with Crippen LogP contribution in [0.1, 0.15) is 205 Å². The lowest BCUT2D eigenvalue weighted by Crippen LogP contribution is -2.60. The molecular weight excluding hydrogens is 607 g/mol. The smallest absolute Gasteiger partial charge is 0.0578 e. The molecule has 0 aromatic rings. The molecule has 7 saturated carbocycles. The Morgan fingerprint density at radius 1 is 0.380 bits per heavy atom. The van der Waals surface area contributed by atoms with E-state index in [4.69, 9.17) is 0 Å². The maximum atomic E-state index is 4.50. The Balaban J connectivity index is 0.846. The SMILES string of the molecule is C1CCC(C2CC(NC3CCCCC3C3CCC(C4CCCC5C4C4CCCCC4N5C4CCCCC4)CC3)NC(C3CCCCC3)C2)CC1. The predicted octanol–water partition coefficient (Wildman–Crippen LogP) is 11.8. The lowest BCUT2D eigenvalue weighted by molar-refractivity contribution is 0.0281. The van der Waals surface area contributed by atoms with E-state index in [-0.39, 0.29) is 0 Å². The van der Waals surface area contributed by atoms with Crippen LogP contribution in [0.25, 0.3) is 0 Å². The van der Waals surface area contributed by atoms with Gasteiger partial charge in [0, 0.05) is 30.2 Å². The van der Waals surface area contributed by atoms with Gasteiger partial charge < -0.3 is 0 Å². The van der Waals surface area contributed by atoms with Crippen LogP contribution < -0.4 is 10.6 Å². The molecule has 7 aliphatic carbocycles. The Kier molecular flexibility index (Phi) is 11.9. The van der Waals surface area contributed by atoms with Gasteiger partial charge in [0.25, 0.3) is 0 Å². The first-order valence-electron chi connectivity index (χ1n) is 24.1. The summed E-state index contributed by atoms with van der Waals surface area (Å²) in [5.74, 6) is 9.14. The molecule has 9 rings (SSSR count). The number of piperidine rings is 1. The first kappa shape index (κ1) is 35.6. The summed E-state index contributed by atoms with van der Waals surface area (Å²) in [6.07, 6.45) is 49.3. The van der Waals surface area contributed by atoms with Gasteiger partial charge in [-0.05, 0) is 156 Å². The third-order valence-corrected chi connectivity index (χ3v) is 18.3. The molecule has 0 amide bonds. The van der Waals surface area contributed by atoms with Gasteiger partial charge in [0.1, 0.15) is 0 Å². The average Bonchev–Trinajstić information content (AvgIpc) is 3.54. The third-order valence-electron chi connectivity index (χ3n) is 18.3. The third kappa shape index (κ3) is 7.57. The molecule has 2 aliphatic heterocycles. The standard InChI is InChI=1S/C47H81N3/c1-4-15-33(16-5-1)37-31-43(36-17-6-2-7-18-36)49-46(32-37)48-42-24-12-10-21-39(42)34-27-29-35(30-28-34)40-23-14-26-45-47(40)41-22-11-13-25-44(41)50(45)38-19-8-3-9-20-38/h33-49H,1-32H2. The zero-order valence-electron chi connectivity index (χ0n) is 32.7. The predicted molar refractivity (Wildman–Crippen MR) is 210 cm³/mol. The van der Waals surface area contributed by atoms with Crippen molar-refractivity contribution in [2.45, 2.75) is 242 Å². The molecule has 3 nitrogen and oxygen atoms in total. The highest BCUT2D eigenvalue weighted by atomic mass is 15.3. The maximum Gasteiger partial charge on any atom is 0.0578 e.